The van der Waals surface area contributed by atoms with E-state index in [-0.39, 0.29) is 6.61 Å². The summed E-state index contributed by atoms with van der Waals surface area (Å²) in [6.45, 7) is 4.19. The van der Waals surface area contributed by atoms with Crippen LogP contribution in [-0.2, 0) is 30.7 Å². The van der Waals surface area contributed by atoms with E-state index in [2.05, 4.69) is 39.2 Å². The maximum Gasteiger partial charge on any atom is 0.411 e. The Hall–Kier alpha value is -2.13. The van der Waals surface area contributed by atoms with E-state index in [1.54, 1.807) is 30.5 Å². The average molecular weight is 429 g/mol. The molecule has 0 saturated heterocycles. The summed E-state index contributed by atoms with van der Waals surface area (Å²) in [6.07, 6.45) is -2.52. The maximum absolute atomic E-state index is 12.1. The highest BCUT2D eigenvalue weighted by atomic mass is 32.1. The van der Waals surface area contributed by atoms with Crippen LogP contribution in [0.2, 0.25) is 0 Å². The molecule has 1 heterocycles. The van der Waals surface area contributed by atoms with Crippen molar-refractivity contribution in [3.05, 3.63) is 51.0 Å². The second-order valence-electron chi connectivity index (χ2n) is 6.49. The fourth-order valence-corrected chi connectivity index (χ4v) is 3.68. The molecule has 160 valence electrons. The van der Waals surface area contributed by atoms with Crippen LogP contribution < -0.4 is 10.6 Å². The average Bonchev–Trinajstić information content (AvgIpc) is 3.04. The van der Waals surface area contributed by atoms with Crippen molar-refractivity contribution in [3.63, 3.8) is 0 Å². The summed E-state index contributed by atoms with van der Waals surface area (Å²) in [5.41, 5.74) is 2.86. The number of rotatable bonds is 9. The lowest BCUT2D eigenvalue weighted by Gasteiger charge is -2.12. The van der Waals surface area contributed by atoms with Crippen molar-refractivity contribution in [1.82, 2.24) is 15.6 Å². The Bertz CT molecular complexity index is 788. The van der Waals surface area contributed by atoms with Crippen LogP contribution in [0.5, 0.6) is 0 Å². The van der Waals surface area contributed by atoms with E-state index >= 15 is 0 Å². The molecule has 1 aromatic heterocycles. The Labute approximate surface area is 173 Å². The highest BCUT2D eigenvalue weighted by molar-refractivity contribution is 7.11. The zero-order valence-electron chi connectivity index (χ0n) is 16.9. The van der Waals surface area contributed by atoms with Gasteiger partial charge in [0.1, 0.15) is 6.61 Å². The van der Waals surface area contributed by atoms with Gasteiger partial charge in [-0.1, -0.05) is 31.2 Å². The number of ether oxygens (including phenoxy) is 1. The molecule has 0 aliphatic carbocycles. The van der Waals surface area contributed by atoms with Crippen molar-refractivity contribution in [3.8, 4) is 0 Å². The summed E-state index contributed by atoms with van der Waals surface area (Å²) >= 11 is 1.73. The summed E-state index contributed by atoms with van der Waals surface area (Å²) in [4.78, 5) is 10.1. The number of thiazole rings is 1. The Balaban J connectivity index is 1.72. The lowest BCUT2D eigenvalue weighted by molar-refractivity contribution is -0.176. The minimum Gasteiger partial charge on any atom is -0.367 e. The van der Waals surface area contributed by atoms with Crippen molar-refractivity contribution in [2.45, 2.75) is 46.0 Å². The van der Waals surface area contributed by atoms with Gasteiger partial charge in [0, 0.05) is 31.4 Å². The summed E-state index contributed by atoms with van der Waals surface area (Å²) in [5, 5.41) is 7.61. The van der Waals surface area contributed by atoms with E-state index < -0.39 is 12.8 Å². The number of aliphatic imine (C=N–C) groups is 1. The van der Waals surface area contributed by atoms with Crippen molar-refractivity contribution >= 4 is 17.3 Å². The summed E-state index contributed by atoms with van der Waals surface area (Å²) in [6, 6.07) is 7.24. The van der Waals surface area contributed by atoms with E-state index in [1.807, 2.05) is 12.1 Å². The van der Waals surface area contributed by atoms with Gasteiger partial charge in [-0.25, -0.2) is 4.98 Å². The zero-order valence-corrected chi connectivity index (χ0v) is 17.7. The number of halogens is 3. The van der Waals surface area contributed by atoms with Crippen LogP contribution in [0, 0.1) is 6.92 Å². The predicted octanol–water partition coefficient (Wildman–Crippen LogP) is 4.00. The quantitative estimate of drug-likeness (QED) is 0.468. The van der Waals surface area contributed by atoms with Gasteiger partial charge >= 0.3 is 6.18 Å². The molecule has 0 radical (unpaired) electrons. The molecule has 2 N–H and O–H groups in total. The van der Waals surface area contributed by atoms with E-state index in [4.69, 9.17) is 0 Å². The third-order valence-electron chi connectivity index (χ3n) is 4.14. The number of aryl methyl sites for hydroxylation is 2. The fraction of sp³-hybridized carbons (Fsp3) is 0.500. The molecule has 0 amide bonds. The Morgan fingerprint density at radius 3 is 2.45 bits per heavy atom. The second kappa shape index (κ2) is 11.2. The molecular formula is C20H27F3N4OS. The normalized spacial score (nSPS) is 12.3. The van der Waals surface area contributed by atoms with Crippen LogP contribution >= 0.6 is 11.3 Å². The molecule has 5 nitrogen and oxygen atoms in total. The summed E-state index contributed by atoms with van der Waals surface area (Å²) in [5.74, 6) is 0.687. The summed E-state index contributed by atoms with van der Waals surface area (Å²) in [7, 11) is 1.71. The predicted molar refractivity (Wildman–Crippen MR) is 110 cm³/mol. The topological polar surface area (TPSA) is 58.5 Å². The minimum atomic E-state index is -4.30. The molecule has 0 aliphatic heterocycles. The van der Waals surface area contributed by atoms with E-state index in [9.17, 15) is 13.2 Å². The van der Waals surface area contributed by atoms with Gasteiger partial charge in [0.2, 0.25) is 0 Å². The number of aromatic nitrogens is 1. The minimum absolute atomic E-state index is 0.0631. The van der Waals surface area contributed by atoms with E-state index in [1.165, 1.54) is 10.6 Å². The first-order chi connectivity index (χ1) is 13.8. The standard InChI is InChI=1S/C20H27F3N4OS/c1-4-17-14(2)29-18(27-17)9-10-25-19(24-3)26-11-15-5-7-16(8-6-15)12-28-13-20(21,22)23/h5-8H,4,9-13H2,1-3H3,(H2,24,25,26). The van der Waals surface area contributed by atoms with Gasteiger partial charge < -0.3 is 15.4 Å². The number of hydrogen-bond donors (Lipinski definition) is 2. The van der Waals surface area contributed by atoms with Crippen LogP contribution in [0.25, 0.3) is 0 Å². The number of alkyl halides is 3. The third-order valence-corrected chi connectivity index (χ3v) is 5.22. The van der Waals surface area contributed by atoms with Gasteiger partial charge in [-0.05, 0) is 24.5 Å². The van der Waals surface area contributed by atoms with Crippen LogP contribution in [-0.4, -0.2) is 37.3 Å². The number of guanidine groups is 1. The first-order valence-electron chi connectivity index (χ1n) is 9.42. The smallest absolute Gasteiger partial charge is 0.367 e. The zero-order chi connectivity index (χ0) is 21.3. The number of benzene rings is 1. The van der Waals surface area contributed by atoms with Gasteiger partial charge in [-0.2, -0.15) is 13.2 Å². The Kier molecular flexibility index (Phi) is 8.91. The van der Waals surface area contributed by atoms with Crippen molar-refractivity contribution in [2.75, 3.05) is 20.2 Å². The molecule has 0 aliphatic rings. The van der Waals surface area contributed by atoms with Crippen molar-refractivity contribution in [2.24, 2.45) is 4.99 Å². The molecule has 29 heavy (non-hydrogen) atoms. The molecule has 2 rings (SSSR count). The van der Waals surface area contributed by atoms with Crippen molar-refractivity contribution in [1.29, 1.82) is 0 Å². The monoisotopic (exact) mass is 428 g/mol. The number of nitrogens with zero attached hydrogens (tertiary/aromatic N) is 2. The SMILES string of the molecule is CCc1nc(CCNC(=NC)NCc2ccc(COCC(F)(F)F)cc2)sc1C. The van der Waals surface area contributed by atoms with E-state index in [0.717, 1.165) is 30.0 Å². The third kappa shape index (κ3) is 8.41. The molecule has 1 aromatic carbocycles. The van der Waals surface area contributed by atoms with Crippen molar-refractivity contribution < 1.29 is 17.9 Å². The van der Waals surface area contributed by atoms with Crippen LogP contribution in [0.1, 0.15) is 33.6 Å². The number of hydrogen-bond acceptors (Lipinski definition) is 4. The molecule has 0 fully saturated rings. The molecular weight excluding hydrogens is 401 g/mol. The fourth-order valence-electron chi connectivity index (χ4n) is 2.65. The maximum atomic E-state index is 12.1. The molecule has 0 bridgehead atoms. The number of nitrogens with one attached hydrogen (secondary N) is 2. The summed E-state index contributed by atoms with van der Waals surface area (Å²) < 4.78 is 41.0. The Morgan fingerprint density at radius 1 is 1.17 bits per heavy atom. The highest BCUT2D eigenvalue weighted by Gasteiger charge is 2.27. The van der Waals surface area contributed by atoms with Gasteiger partial charge in [0.25, 0.3) is 0 Å². The molecule has 0 atom stereocenters. The lowest BCUT2D eigenvalue weighted by Crippen LogP contribution is -2.37. The molecule has 9 heteroatoms. The molecule has 0 saturated carbocycles. The van der Waals surface area contributed by atoms with E-state index in [0.29, 0.717) is 18.1 Å². The van der Waals surface area contributed by atoms with Gasteiger partial charge in [0.05, 0.1) is 17.3 Å². The van der Waals surface area contributed by atoms with Gasteiger partial charge in [0.15, 0.2) is 5.96 Å². The molecule has 0 unspecified atom stereocenters. The molecule has 2 aromatic rings. The van der Waals surface area contributed by atoms with Crippen LogP contribution in [0.4, 0.5) is 13.2 Å². The largest absolute Gasteiger partial charge is 0.411 e. The second-order valence-corrected chi connectivity index (χ2v) is 7.78. The van der Waals surface area contributed by atoms with Gasteiger partial charge in [-0.3, -0.25) is 4.99 Å². The first kappa shape index (κ1) is 23.2. The van der Waals surface area contributed by atoms with Crippen LogP contribution in [0.3, 0.4) is 0 Å². The molecule has 0 spiro atoms. The first-order valence-corrected chi connectivity index (χ1v) is 10.2. The van der Waals surface area contributed by atoms with Gasteiger partial charge in [-0.15, -0.1) is 11.3 Å². The highest BCUT2D eigenvalue weighted by Crippen LogP contribution is 2.18. The van der Waals surface area contributed by atoms with Crippen LogP contribution in [0.15, 0.2) is 29.3 Å². The Morgan fingerprint density at radius 2 is 1.86 bits per heavy atom. The lowest BCUT2D eigenvalue weighted by atomic mass is 10.1.